The van der Waals surface area contributed by atoms with Crippen molar-refractivity contribution < 1.29 is 9.53 Å². The number of amides is 1. The van der Waals surface area contributed by atoms with Crippen molar-refractivity contribution in [2.45, 2.75) is 43.9 Å². The summed E-state index contributed by atoms with van der Waals surface area (Å²) in [5.74, 6) is 0.791. The molecule has 3 atom stereocenters. The Morgan fingerprint density at radius 3 is 2.90 bits per heavy atom. The summed E-state index contributed by atoms with van der Waals surface area (Å²) in [6, 6.07) is 8.22. The standard InChI is InChI=1S/C16H20N2O2/c19-16(14-9-11-3-1-2-4-12(11)17-14)18-13-7-8-20-15(13)10-5-6-10/h1-4,10,13-15,17H,5-9H2,(H,18,19). The summed E-state index contributed by atoms with van der Waals surface area (Å²) in [5, 5.41) is 6.52. The lowest BCUT2D eigenvalue weighted by molar-refractivity contribution is -0.122. The van der Waals surface area contributed by atoms with Gasteiger partial charge in [-0.15, -0.1) is 0 Å². The molecule has 0 spiro atoms. The number of hydrogen-bond acceptors (Lipinski definition) is 3. The van der Waals surface area contributed by atoms with Crippen LogP contribution in [0, 0.1) is 5.92 Å². The molecule has 4 nitrogen and oxygen atoms in total. The van der Waals surface area contributed by atoms with Crippen molar-refractivity contribution in [3.63, 3.8) is 0 Å². The average Bonchev–Trinajstić information content (AvgIpc) is 3.04. The summed E-state index contributed by atoms with van der Waals surface area (Å²) in [7, 11) is 0. The van der Waals surface area contributed by atoms with E-state index >= 15 is 0 Å². The maximum Gasteiger partial charge on any atom is 0.243 e. The summed E-state index contributed by atoms with van der Waals surface area (Å²) >= 11 is 0. The van der Waals surface area contributed by atoms with Crippen molar-refractivity contribution in [2.24, 2.45) is 5.92 Å². The van der Waals surface area contributed by atoms with Crippen molar-refractivity contribution >= 4 is 11.6 Å². The van der Waals surface area contributed by atoms with Gasteiger partial charge in [0.15, 0.2) is 0 Å². The number of carbonyl (C=O) groups excluding carboxylic acids is 1. The number of anilines is 1. The molecule has 2 fully saturated rings. The lowest BCUT2D eigenvalue weighted by atomic mass is 10.0. The van der Waals surface area contributed by atoms with E-state index in [2.05, 4.69) is 16.7 Å². The van der Waals surface area contributed by atoms with Gasteiger partial charge < -0.3 is 15.4 Å². The predicted octanol–water partition coefficient (Wildman–Crippen LogP) is 1.71. The van der Waals surface area contributed by atoms with Crippen LogP contribution in [0.5, 0.6) is 0 Å². The van der Waals surface area contributed by atoms with E-state index in [-0.39, 0.29) is 24.1 Å². The molecule has 2 N–H and O–H groups in total. The number of ether oxygens (including phenoxy) is 1. The Kier molecular flexibility index (Phi) is 2.91. The average molecular weight is 272 g/mol. The predicted molar refractivity (Wildman–Crippen MR) is 76.6 cm³/mol. The maximum atomic E-state index is 12.4. The number of nitrogens with one attached hydrogen (secondary N) is 2. The van der Waals surface area contributed by atoms with Crippen molar-refractivity contribution in [3.05, 3.63) is 29.8 Å². The van der Waals surface area contributed by atoms with Crippen LogP contribution in [0.4, 0.5) is 5.69 Å². The molecule has 2 aliphatic heterocycles. The molecule has 4 heteroatoms. The number of rotatable bonds is 3. The molecule has 106 valence electrons. The Bertz CT molecular complexity index is 502. The number of carbonyl (C=O) groups is 1. The van der Waals surface area contributed by atoms with E-state index in [1.54, 1.807) is 0 Å². The quantitative estimate of drug-likeness (QED) is 0.880. The lowest BCUT2D eigenvalue weighted by Gasteiger charge is -2.21. The van der Waals surface area contributed by atoms with Crippen LogP contribution >= 0.6 is 0 Å². The van der Waals surface area contributed by atoms with Crippen molar-refractivity contribution in [1.82, 2.24) is 5.32 Å². The smallest absolute Gasteiger partial charge is 0.243 e. The molecule has 20 heavy (non-hydrogen) atoms. The third kappa shape index (κ3) is 2.18. The van der Waals surface area contributed by atoms with E-state index < -0.39 is 0 Å². The highest BCUT2D eigenvalue weighted by Gasteiger charge is 2.42. The molecular weight excluding hydrogens is 252 g/mol. The molecule has 0 radical (unpaired) electrons. The van der Waals surface area contributed by atoms with Crippen LogP contribution in [0.25, 0.3) is 0 Å². The molecule has 1 saturated carbocycles. The fourth-order valence-electron chi connectivity index (χ4n) is 3.39. The Morgan fingerprint density at radius 1 is 1.25 bits per heavy atom. The minimum absolute atomic E-state index is 0.113. The molecule has 0 aromatic heterocycles. The van der Waals surface area contributed by atoms with Crippen molar-refractivity contribution in [3.8, 4) is 0 Å². The number of para-hydroxylation sites is 1. The van der Waals surface area contributed by atoms with Gasteiger partial charge in [0, 0.05) is 18.7 Å². The van der Waals surface area contributed by atoms with Crippen LogP contribution in [0.2, 0.25) is 0 Å². The molecule has 1 amide bonds. The first kappa shape index (κ1) is 12.2. The zero-order chi connectivity index (χ0) is 13.5. The Hall–Kier alpha value is -1.55. The van der Waals surface area contributed by atoms with E-state index in [9.17, 15) is 4.79 Å². The van der Waals surface area contributed by atoms with Gasteiger partial charge >= 0.3 is 0 Å². The summed E-state index contributed by atoms with van der Waals surface area (Å²) in [5.41, 5.74) is 2.32. The monoisotopic (exact) mass is 272 g/mol. The summed E-state index contributed by atoms with van der Waals surface area (Å²) in [6.07, 6.45) is 4.49. The van der Waals surface area contributed by atoms with Gasteiger partial charge in [-0.3, -0.25) is 4.79 Å². The second-order valence-corrected chi connectivity index (χ2v) is 6.13. The first-order valence-electron chi connectivity index (χ1n) is 7.58. The van der Waals surface area contributed by atoms with Crippen molar-refractivity contribution in [2.75, 3.05) is 11.9 Å². The fourth-order valence-corrected chi connectivity index (χ4v) is 3.39. The van der Waals surface area contributed by atoms with Crippen LogP contribution in [0.15, 0.2) is 24.3 Å². The number of hydrogen-bond donors (Lipinski definition) is 2. The second kappa shape index (κ2) is 4.77. The van der Waals surface area contributed by atoms with E-state index in [1.807, 2.05) is 18.2 Å². The molecule has 1 aliphatic carbocycles. The molecule has 2 heterocycles. The first-order valence-corrected chi connectivity index (χ1v) is 7.58. The van der Waals surface area contributed by atoms with Gasteiger partial charge in [-0.25, -0.2) is 0 Å². The number of fused-ring (bicyclic) bond motifs is 1. The van der Waals surface area contributed by atoms with E-state index in [4.69, 9.17) is 4.74 Å². The Labute approximate surface area is 118 Å². The molecule has 0 bridgehead atoms. The molecule has 1 aromatic carbocycles. The fraction of sp³-hybridized carbons (Fsp3) is 0.562. The zero-order valence-electron chi connectivity index (χ0n) is 11.5. The second-order valence-electron chi connectivity index (χ2n) is 6.13. The number of benzene rings is 1. The molecule has 3 aliphatic rings. The highest BCUT2D eigenvalue weighted by molar-refractivity contribution is 5.87. The van der Waals surface area contributed by atoms with Gasteiger partial charge in [0.1, 0.15) is 6.04 Å². The minimum atomic E-state index is -0.132. The van der Waals surface area contributed by atoms with Gasteiger partial charge in [0.25, 0.3) is 0 Å². The Balaban J connectivity index is 1.39. The molecule has 4 rings (SSSR count). The normalized spacial score (nSPS) is 31.7. The molecule has 3 unspecified atom stereocenters. The van der Waals surface area contributed by atoms with E-state index in [0.717, 1.165) is 25.1 Å². The summed E-state index contributed by atoms with van der Waals surface area (Å²) in [6.45, 7) is 0.782. The van der Waals surface area contributed by atoms with Gasteiger partial charge in [-0.1, -0.05) is 18.2 Å². The van der Waals surface area contributed by atoms with Crippen LogP contribution in [-0.2, 0) is 16.0 Å². The lowest BCUT2D eigenvalue weighted by Crippen LogP contribution is -2.47. The SMILES string of the molecule is O=C(NC1CCOC1C1CC1)C1Cc2ccccc2N1. The highest BCUT2D eigenvalue weighted by Crippen LogP contribution is 2.38. The minimum Gasteiger partial charge on any atom is -0.376 e. The maximum absolute atomic E-state index is 12.4. The van der Waals surface area contributed by atoms with Gasteiger partial charge in [-0.2, -0.15) is 0 Å². The molecule has 1 saturated heterocycles. The van der Waals surface area contributed by atoms with Crippen LogP contribution in [-0.4, -0.2) is 30.7 Å². The van der Waals surface area contributed by atoms with E-state index in [1.165, 1.54) is 18.4 Å². The van der Waals surface area contributed by atoms with Gasteiger partial charge in [-0.05, 0) is 36.8 Å². The van der Waals surface area contributed by atoms with Crippen LogP contribution < -0.4 is 10.6 Å². The summed E-state index contributed by atoms with van der Waals surface area (Å²) in [4.78, 5) is 12.4. The third-order valence-electron chi connectivity index (χ3n) is 4.64. The van der Waals surface area contributed by atoms with E-state index in [0.29, 0.717) is 5.92 Å². The highest BCUT2D eigenvalue weighted by atomic mass is 16.5. The third-order valence-corrected chi connectivity index (χ3v) is 4.64. The largest absolute Gasteiger partial charge is 0.376 e. The van der Waals surface area contributed by atoms with Crippen LogP contribution in [0.3, 0.4) is 0 Å². The van der Waals surface area contributed by atoms with Crippen LogP contribution in [0.1, 0.15) is 24.8 Å². The topological polar surface area (TPSA) is 50.4 Å². The Morgan fingerprint density at radius 2 is 2.10 bits per heavy atom. The van der Waals surface area contributed by atoms with Crippen molar-refractivity contribution in [1.29, 1.82) is 0 Å². The molecular formula is C16H20N2O2. The zero-order valence-corrected chi connectivity index (χ0v) is 11.5. The summed E-state index contributed by atoms with van der Waals surface area (Å²) < 4.78 is 5.78. The first-order chi connectivity index (χ1) is 9.81. The molecule has 1 aromatic rings. The van der Waals surface area contributed by atoms with Gasteiger partial charge in [0.2, 0.25) is 5.91 Å². The van der Waals surface area contributed by atoms with Gasteiger partial charge in [0.05, 0.1) is 12.1 Å².